The van der Waals surface area contributed by atoms with Gasteiger partial charge in [0.25, 0.3) is 0 Å². The van der Waals surface area contributed by atoms with Crippen LogP contribution in [-0.2, 0) is 6.54 Å². The molecular weight excluding hydrogens is 196 g/mol. The largest absolute Gasteiger partial charge is 0.309 e. The fourth-order valence-corrected chi connectivity index (χ4v) is 2.60. The average Bonchev–Trinajstić information content (AvgIpc) is 2.20. The molecule has 88 valence electrons. The number of nitrogens with zero attached hydrogens (tertiary/aromatic N) is 1. The summed E-state index contributed by atoms with van der Waals surface area (Å²) >= 11 is 0. The van der Waals surface area contributed by atoms with Gasteiger partial charge >= 0.3 is 0 Å². The summed E-state index contributed by atoms with van der Waals surface area (Å²) in [5.74, 6) is 0. The van der Waals surface area contributed by atoms with E-state index in [9.17, 15) is 0 Å². The van der Waals surface area contributed by atoms with Gasteiger partial charge in [-0.1, -0.05) is 24.3 Å². The van der Waals surface area contributed by atoms with E-state index in [1.807, 2.05) is 0 Å². The molecule has 2 nitrogen and oxygen atoms in total. The van der Waals surface area contributed by atoms with Crippen molar-refractivity contribution >= 4 is 0 Å². The molecule has 0 radical (unpaired) electrons. The smallest absolute Gasteiger partial charge is 0.0237 e. The second kappa shape index (κ2) is 4.98. The molecular formula is C14H22N2. The first-order chi connectivity index (χ1) is 7.65. The third kappa shape index (κ3) is 2.83. The molecule has 1 aliphatic heterocycles. The van der Waals surface area contributed by atoms with Gasteiger partial charge in [0.05, 0.1) is 0 Å². The topological polar surface area (TPSA) is 15.3 Å². The SMILES string of the molecule is Cc1ccccc1CN1CC(C)NC(C)C1. The van der Waals surface area contributed by atoms with E-state index in [1.54, 1.807) is 0 Å². The third-order valence-electron chi connectivity index (χ3n) is 3.29. The molecule has 1 fully saturated rings. The molecule has 1 aromatic rings. The van der Waals surface area contributed by atoms with Crippen LogP contribution in [0.1, 0.15) is 25.0 Å². The minimum Gasteiger partial charge on any atom is -0.309 e. The highest BCUT2D eigenvalue weighted by Gasteiger charge is 2.20. The van der Waals surface area contributed by atoms with Crippen LogP contribution in [0.25, 0.3) is 0 Å². The molecule has 2 heteroatoms. The van der Waals surface area contributed by atoms with Gasteiger partial charge in [0, 0.05) is 31.7 Å². The second-order valence-electron chi connectivity index (χ2n) is 5.09. The summed E-state index contributed by atoms with van der Waals surface area (Å²) in [5.41, 5.74) is 2.87. The minimum absolute atomic E-state index is 0.604. The van der Waals surface area contributed by atoms with Crippen LogP contribution < -0.4 is 5.32 Å². The van der Waals surface area contributed by atoms with Crippen LogP contribution in [0.2, 0.25) is 0 Å². The highest BCUT2D eigenvalue weighted by atomic mass is 15.2. The maximum absolute atomic E-state index is 3.57. The summed E-state index contributed by atoms with van der Waals surface area (Å²) in [6, 6.07) is 9.90. The molecule has 0 bridgehead atoms. The molecule has 1 heterocycles. The number of benzene rings is 1. The standard InChI is InChI=1S/C14H22N2/c1-11-6-4-5-7-14(11)10-16-8-12(2)15-13(3)9-16/h4-7,12-13,15H,8-10H2,1-3H3. The first-order valence-electron chi connectivity index (χ1n) is 6.18. The van der Waals surface area contributed by atoms with Gasteiger partial charge in [-0.2, -0.15) is 0 Å². The van der Waals surface area contributed by atoms with Crippen molar-refractivity contribution < 1.29 is 0 Å². The quantitative estimate of drug-likeness (QED) is 0.818. The van der Waals surface area contributed by atoms with E-state index in [1.165, 1.54) is 11.1 Å². The van der Waals surface area contributed by atoms with Crippen molar-refractivity contribution in [2.24, 2.45) is 0 Å². The average molecular weight is 218 g/mol. The Bertz CT molecular complexity index is 338. The highest BCUT2D eigenvalue weighted by molar-refractivity contribution is 5.25. The van der Waals surface area contributed by atoms with Gasteiger partial charge in [0.15, 0.2) is 0 Å². The summed E-state index contributed by atoms with van der Waals surface area (Å²) in [5, 5.41) is 3.57. The summed E-state index contributed by atoms with van der Waals surface area (Å²) in [4.78, 5) is 2.55. The van der Waals surface area contributed by atoms with Crippen LogP contribution in [0.15, 0.2) is 24.3 Å². The molecule has 16 heavy (non-hydrogen) atoms. The molecule has 1 aromatic carbocycles. The number of hydrogen-bond acceptors (Lipinski definition) is 2. The van der Waals surface area contributed by atoms with Crippen molar-refractivity contribution in [3.05, 3.63) is 35.4 Å². The zero-order valence-corrected chi connectivity index (χ0v) is 10.5. The predicted octanol–water partition coefficient (Wildman–Crippen LogP) is 2.18. The monoisotopic (exact) mass is 218 g/mol. The maximum atomic E-state index is 3.57. The Hall–Kier alpha value is -0.860. The van der Waals surface area contributed by atoms with Crippen molar-refractivity contribution in [1.82, 2.24) is 10.2 Å². The van der Waals surface area contributed by atoms with Gasteiger partial charge in [0.1, 0.15) is 0 Å². The lowest BCUT2D eigenvalue weighted by molar-refractivity contribution is 0.166. The van der Waals surface area contributed by atoms with E-state index in [-0.39, 0.29) is 0 Å². The van der Waals surface area contributed by atoms with E-state index in [4.69, 9.17) is 0 Å². The Kier molecular flexibility index (Phi) is 3.62. The lowest BCUT2D eigenvalue weighted by Gasteiger charge is -2.36. The summed E-state index contributed by atoms with van der Waals surface area (Å²) in [7, 11) is 0. The molecule has 2 rings (SSSR count). The van der Waals surface area contributed by atoms with Crippen LogP contribution in [0.4, 0.5) is 0 Å². The Morgan fingerprint density at radius 2 is 1.81 bits per heavy atom. The number of aryl methyl sites for hydroxylation is 1. The van der Waals surface area contributed by atoms with E-state index >= 15 is 0 Å². The molecule has 2 atom stereocenters. The molecule has 2 unspecified atom stereocenters. The zero-order chi connectivity index (χ0) is 11.5. The number of hydrogen-bond donors (Lipinski definition) is 1. The third-order valence-corrected chi connectivity index (χ3v) is 3.29. The number of nitrogens with one attached hydrogen (secondary N) is 1. The molecule has 1 N–H and O–H groups in total. The minimum atomic E-state index is 0.604. The first-order valence-corrected chi connectivity index (χ1v) is 6.18. The molecule has 1 aliphatic rings. The van der Waals surface area contributed by atoms with Crippen LogP contribution in [0.3, 0.4) is 0 Å². The molecule has 0 amide bonds. The molecule has 0 aromatic heterocycles. The lowest BCUT2D eigenvalue weighted by atomic mass is 10.1. The fraction of sp³-hybridized carbons (Fsp3) is 0.571. The lowest BCUT2D eigenvalue weighted by Crippen LogP contribution is -2.53. The van der Waals surface area contributed by atoms with Crippen LogP contribution in [0.5, 0.6) is 0 Å². The molecule has 0 spiro atoms. The van der Waals surface area contributed by atoms with Gasteiger partial charge < -0.3 is 5.32 Å². The summed E-state index contributed by atoms with van der Waals surface area (Å²) < 4.78 is 0. The van der Waals surface area contributed by atoms with Crippen molar-refractivity contribution in [2.45, 2.75) is 39.4 Å². The summed E-state index contributed by atoms with van der Waals surface area (Å²) in [6.45, 7) is 10.1. The molecule has 0 saturated carbocycles. The van der Waals surface area contributed by atoms with Crippen LogP contribution >= 0.6 is 0 Å². The fourth-order valence-electron chi connectivity index (χ4n) is 2.60. The van der Waals surface area contributed by atoms with Crippen molar-refractivity contribution in [1.29, 1.82) is 0 Å². The molecule has 1 saturated heterocycles. The maximum Gasteiger partial charge on any atom is 0.0237 e. The van der Waals surface area contributed by atoms with Crippen molar-refractivity contribution in [3.8, 4) is 0 Å². The van der Waals surface area contributed by atoms with E-state index in [0.29, 0.717) is 12.1 Å². The Morgan fingerprint density at radius 3 is 2.44 bits per heavy atom. The second-order valence-corrected chi connectivity index (χ2v) is 5.09. The Labute approximate surface area is 98.7 Å². The number of piperazine rings is 1. The van der Waals surface area contributed by atoms with Gasteiger partial charge in [0.2, 0.25) is 0 Å². The number of rotatable bonds is 2. The van der Waals surface area contributed by atoms with Gasteiger partial charge in [-0.25, -0.2) is 0 Å². The first kappa shape index (κ1) is 11.6. The van der Waals surface area contributed by atoms with Gasteiger partial charge in [-0.15, -0.1) is 0 Å². The van der Waals surface area contributed by atoms with E-state index < -0.39 is 0 Å². The Morgan fingerprint density at radius 1 is 1.19 bits per heavy atom. The van der Waals surface area contributed by atoms with Gasteiger partial charge in [-0.05, 0) is 31.9 Å². The Balaban J connectivity index is 2.02. The van der Waals surface area contributed by atoms with Gasteiger partial charge in [-0.3, -0.25) is 4.90 Å². The van der Waals surface area contributed by atoms with Crippen LogP contribution in [-0.4, -0.2) is 30.1 Å². The van der Waals surface area contributed by atoms with Crippen molar-refractivity contribution in [2.75, 3.05) is 13.1 Å². The van der Waals surface area contributed by atoms with E-state index in [0.717, 1.165) is 19.6 Å². The highest BCUT2D eigenvalue weighted by Crippen LogP contribution is 2.13. The zero-order valence-electron chi connectivity index (χ0n) is 10.5. The van der Waals surface area contributed by atoms with Crippen LogP contribution in [0, 0.1) is 6.92 Å². The summed E-state index contributed by atoms with van der Waals surface area (Å²) in [6.07, 6.45) is 0. The van der Waals surface area contributed by atoms with Crippen molar-refractivity contribution in [3.63, 3.8) is 0 Å². The molecule has 0 aliphatic carbocycles. The predicted molar refractivity (Wildman–Crippen MR) is 68.5 cm³/mol. The van der Waals surface area contributed by atoms with E-state index in [2.05, 4.69) is 55.3 Å². The normalized spacial score (nSPS) is 26.9.